The Hall–Kier alpha value is -1.66. The minimum absolute atomic E-state index is 0.00763. The highest BCUT2D eigenvalue weighted by Gasteiger charge is 2.23. The summed E-state index contributed by atoms with van der Waals surface area (Å²) in [6.07, 6.45) is 0.721. The lowest BCUT2D eigenvalue weighted by molar-refractivity contribution is -0.386. The second kappa shape index (κ2) is 7.21. The van der Waals surface area contributed by atoms with Crippen molar-refractivity contribution in [3.8, 4) is 5.75 Å². The summed E-state index contributed by atoms with van der Waals surface area (Å²) in [4.78, 5) is 10.6. The molecule has 1 atom stereocenters. The monoisotopic (exact) mass is 282 g/mol. The topological polar surface area (TPSA) is 84.6 Å². The Balaban J connectivity index is 2.79. The van der Waals surface area contributed by atoms with Crippen LogP contribution in [0.5, 0.6) is 5.75 Å². The van der Waals surface area contributed by atoms with Crippen LogP contribution in [0, 0.1) is 10.1 Å². The zero-order valence-corrected chi connectivity index (χ0v) is 12.2. The van der Waals surface area contributed by atoms with Crippen LogP contribution < -0.4 is 10.1 Å². The first-order chi connectivity index (χ1) is 9.39. The van der Waals surface area contributed by atoms with E-state index in [0.29, 0.717) is 6.54 Å². The molecular weight excluding hydrogens is 260 g/mol. The minimum atomic E-state index is -1.08. The second-order valence-electron chi connectivity index (χ2n) is 4.98. The molecule has 6 nitrogen and oxygen atoms in total. The Bertz CT molecular complexity index is 460. The van der Waals surface area contributed by atoms with Gasteiger partial charge in [-0.1, -0.05) is 19.9 Å². The molecule has 0 fully saturated rings. The number of hydrogen-bond donors (Lipinski definition) is 2. The van der Waals surface area contributed by atoms with E-state index in [1.165, 1.54) is 6.07 Å². The summed E-state index contributed by atoms with van der Waals surface area (Å²) in [5.74, 6) is 0.184. The Labute approximate surface area is 118 Å². The first-order valence-electron chi connectivity index (χ1n) is 6.73. The molecule has 0 aliphatic carbocycles. The molecule has 1 rings (SSSR count). The molecule has 0 heterocycles. The van der Waals surface area contributed by atoms with Gasteiger partial charge in [0.15, 0.2) is 5.75 Å². The van der Waals surface area contributed by atoms with Crippen molar-refractivity contribution in [3.05, 3.63) is 33.9 Å². The molecule has 0 radical (unpaired) electrons. The average molecular weight is 282 g/mol. The fourth-order valence-electron chi connectivity index (χ4n) is 1.73. The van der Waals surface area contributed by atoms with Gasteiger partial charge in [0.05, 0.1) is 4.92 Å². The molecule has 0 aliphatic rings. The van der Waals surface area contributed by atoms with E-state index in [1.807, 2.05) is 13.8 Å². The van der Waals surface area contributed by atoms with Crippen LogP contribution in [-0.2, 0) is 6.42 Å². The Morgan fingerprint density at radius 1 is 1.45 bits per heavy atom. The summed E-state index contributed by atoms with van der Waals surface area (Å²) in [6, 6.07) is 4.88. The lowest BCUT2D eigenvalue weighted by Crippen LogP contribution is -2.42. The Kier molecular flexibility index (Phi) is 5.91. The van der Waals surface area contributed by atoms with Crippen molar-refractivity contribution in [2.45, 2.75) is 32.8 Å². The van der Waals surface area contributed by atoms with E-state index in [4.69, 9.17) is 4.74 Å². The number of nitro groups is 1. The molecule has 0 spiro atoms. The fourth-order valence-corrected chi connectivity index (χ4v) is 1.73. The van der Waals surface area contributed by atoms with E-state index in [9.17, 15) is 15.2 Å². The van der Waals surface area contributed by atoms with Gasteiger partial charge in [-0.05, 0) is 31.5 Å². The van der Waals surface area contributed by atoms with E-state index in [0.717, 1.165) is 18.5 Å². The summed E-state index contributed by atoms with van der Waals surface area (Å²) in [5, 5.41) is 24.1. The van der Waals surface area contributed by atoms with Crippen LogP contribution in [0.3, 0.4) is 0 Å². The molecule has 0 saturated carbocycles. The van der Waals surface area contributed by atoms with Gasteiger partial charge in [0, 0.05) is 12.6 Å². The van der Waals surface area contributed by atoms with Crippen molar-refractivity contribution < 1.29 is 14.8 Å². The maximum Gasteiger partial charge on any atom is 0.311 e. The molecule has 20 heavy (non-hydrogen) atoms. The number of benzene rings is 1. The summed E-state index contributed by atoms with van der Waals surface area (Å²) in [6.45, 7) is 6.59. The van der Waals surface area contributed by atoms with Crippen LogP contribution >= 0.6 is 0 Å². The summed E-state index contributed by atoms with van der Waals surface area (Å²) in [7, 11) is 0. The number of nitro benzene ring substituents is 1. The minimum Gasteiger partial charge on any atom is -0.484 e. The van der Waals surface area contributed by atoms with Crippen molar-refractivity contribution in [1.29, 1.82) is 0 Å². The molecule has 0 aromatic heterocycles. The number of rotatable bonds is 8. The van der Waals surface area contributed by atoms with Crippen molar-refractivity contribution in [1.82, 2.24) is 5.32 Å². The third-order valence-electron chi connectivity index (χ3n) is 2.92. The highest BCUT2D eigenvalue weighted by atomic mass is 16.6. The van der Waals surface area contributed by atoms with E-state index in [2.05, 4.69) is 5.32 Å². The highest BCUT2D eigenvalue weighted by molar-refractivity contribution is 5.48. The van der Waals surface area contributed by atoms with Crippen LogP contribution in [0.1, 0.15) is 26.3 Å². The molecule has 1 aromatic carbocycles. The predicted octanol–water partition coefficient (Wildman–Crippen LogP) is 1.90. The van der Waals surface area contributed by atoms with E-state index in [1.54, 1.807) is 19.1 Å². The van der Waals surface area contributed by atoms with Crippen LogP contribution in [0.15, 0.2) is 18.2 Å². The zero-order chi connectivity index (χ0) is 15.2. The lowest BCUT2D eigenvalue weighted by Gasteiger charge is -2.23. The first kappa shape index (κ1) is 16.4. The maximum atomic E-state index is 11.0. The number of aliphatic hydroxyl groups is 1. The molecule has 2 N–H and O–H groups in total. The highest BCUT2D eigenvalue weighted by Crippen LogP contribution is 2.28. The van der Waals surface area contributed by atoms with Gasteiger partial charge in [0.25, 0.3) is 0 Å². The maximum absolute atomic E-state index is 11.0. The third-order valence-corrected chi connectivity index (χ3v) is 2.92. The van der Waals surface area contributed by atoms with Crippen LogP contribution in [0.2, 0.25) is 0 Å². The Morgan fingerprint density at radius 2 is 2.15 bits per heavy atom. The summed E-state index contributed by atoms with van der Waals surface area (Å²) < 4.78 is 5.43. The molecule has 0 saturated heterocycles. The standard InChI is InChI=1S/C14H22N2O4/c1-4-11-6-7-13(12(8-11)16(18)19)20-10-14(3,17)9-15-5-2/h6-8,15,17H,4-5,9-10H2,1-3H3. The lowest BCUT2D eigenvalue weighted by atomic mass is 10.1. The second-order valence-corrected chi connectivity index (χ2v) is 4.98. The fraction of sp³-hybridized carbons (Fsp3) is 0.571. The number of hydrogen-bond acceptors (Lipinski definition) is 5. The van der Waals surface area contributed by atoms with Crippen molar-refractivity contribution in [2.24, 2.45) is 0 Å². The molecule has 0 bridgehead atoms. The molecule has 0 aliphatic heterocycles. The molecule has 1 aromatic rings. The predicted molar refractivity (Wildman–Crippen MR) is 77.1 cm³/mol. The van der Waals surface area contributed by atoms with Gasteiger partial charge in [-0.3, -0.25) is 10.1 Å². The number of nitrogens with zero attached hydrogens (tertiary/aromatic N) is 1. The molecule has 6 heteroatoms. The average Bonchev–Trinajstić information content (AvgIpc) is 2.42. The Morgan fingerprint density at radius 3 is 2.70 bits per heavy atom. The van der Waals surface area contributed by atoms with Gasteiger partial charge in [0.2, 0.25) is 0 Å². The summed E-state index contributed by atoms with van der Waals surface area (Å²) >= 11 is 0. The number of ether oxygens (including phenoxy) is 1. The summed E-state index contributed by atoms with van der Waals surface area (Å²) in [5.41, 5.74) is -0.264. The van der Waals surface area contributed by atoms with Gasteiger partial charge in [0.1, 0.15) is 12.2 Å². The third kappa shape index (κ3) is 4.79. The zero-order valence-electron chi connectivity index (χ0n) is 12.2. The van der Waals surface area contributed by atoms with Crippen LogP contribution in [0.4, 0.5) is 5.69 Å². The van der Waals surface area contributed by atoms with Crippen LogP contribution in [-0.4, -0.2) is 35.3 Å². The van der Waals surface area contributed by atoms with Gasteiger partial charge in [-0.15, -0.1) is 0 Å². The molecule has 1 unspecified atom stereocenters. The van der Waals surface area contributed by atoms with Crippen molar-refractivity contribution in [3.63, 3.8) is 0 Å². The first-order valence-corrected chi connectivity index (χ1v) is 6.73. The normalized spacial score (nSPS) is 13.8. The van der Waals surface area contributed by atoms with E-state index in [-0.39, 0.29) is 18.0 Å². The molecular formula is C14H22N2O4. The quantitative estimate of drug-likeness (QED) is 0.562. The van der Waals surface area contributed by atoms with Gasteiger partial charge in [-0.25, -0.2) is 0 Å². The van der Waals surface area contributed by atoms with Gasteiger partial charge < -0.3 is 15.2 Å². The molecule has 112 valence electrons. The smallest absolute Gasteiger partial charge is 0.311 e. The SMILES string of the molecule is CCNCC(C)(O)COc1ccc(CC)cc1[N+](=O)[O-]. The van der Waals surface area contributed by atoms with E-state index >= 15 is 0 Å². The van der Waals surface area contributed by atoms with E-state index < -0.39 is 10.5 Å². The number of likely N-dealkylation sites (N-methyl/N-ethyl adjacent to an activating group) is 1. The van der Waals surface area contributed by atoms with Gasteiger partial charge in [-0.2, -0.15) is 0 Å². The van der Waals surface area contributed by atoms with Crippen molar-refractivity contribution in [2.75, 3.05) is 19.7 Å². The van der Waals surface area contributed by atoms with Gasteiger partial charge >= 0.3 is 5.69 Å². The van der Waals surface area contributed by atoms with Crippen molar-refractivity contribution >= 4 is 5.69 Å². The number of nitrogens with one attached hydrogen (secondary N) is 1. The van der Waals surface area contributed by atoms with Crippen LogP contribution in [0.25, 0.3) is 0 Å². The molecule has 0 amide bonds. The largest absolute Gasteiger partial charge is 0.484 e. The number of aryl methyl sites for hydroxylation is 1.